The first kappa shape index (κ1) is 23.4. The number of imidazole rings is 1. The number of nitrogens with one attached hydrogen (secondary N) is 1. The van der Waals surface area contributed by atoms with Crippen molar-refractivity contribution in [3.8, 4) is 0 Å². The summed E-state index contributed by atoms with van der Waals surface area (Å²) in [5.74, 6) is 0.520. The Balaban J connectivity index is 1.93. The number of aromatic nitrogens is 3. The van der Waals surface area contributed by atoms with E-state index in [1.165, 1.54) is 0 Å². The van der Waals surface area contributed by atoms with Crippen LogP contribution in [0.2, 0.25) is 0 Å². The van der Waals surface area contributed by atoms with E-state index in [0.717, 1.165) is 23.9 Å². The number of rotatable bonds is 9. The van der Waals surface area contributed by atoms with Crippen molar-refractivity contribution in [1.29, 1.82) is 0 Å². The molecule has 0 aliphatic carbocycles. The number of pyridine rings is 1. The molecule has 0 saturated heterocycles. The van der Waals surface area contributed by atoms with Gasteiger partial charge in [-0.1, -0.05) is 26.0 Å². The maximum absolute atomic E-state index is 13.5. The van der Waals surface area contributed by atoms with Crippen molar-refractivity contribution in [2.24, 2.45) is 0 Å². The largest absolute Gasteiger partial charge is 0.342 e. The lowest BCUT2D eigenvalue weighted by molar-refractivity contribution is -0.136. The minimum atomic E-state index is -0.378. The van der Waals surface area contributed by atoms with E-state index in [1.807, 2.05) is 40.7 Å². The van der Waals surface area contributed by atoms with Gasteiger partial charge in [-0.3, -0.25) is 14.6 Å². The van der Waals surface area contributed by atoms with E-state index in [4.69, 9.17) is 4.98 Å². The minimum absolute atomic E-state index is 0.0609. The van der Waals surface area contributed by atoms with E-state index in [0.29, 0.717) is 11.4 Å². The summed E-state index contributed by atoms with van der Waals surface area (Å²) in [6.45, 7) is 10.5. The van der Waals surface area contributed by atoms with Gasteiger partial charge in [0.15, 0.2) is 0 Å². The molecule has 0 saturated carbocycles. The summed E-state index contributed by atoms with van der Waals surface area (Å²) in [5.41, 5.74) is 2.22. The molecule has 2 aromatic heterocycles. The standard InChI is InChI=1S/C25H33N5O2/c1-6-17(3)30(18(4)7-2)23(31)16-29-22-11-9-8-10-21(22)28-24(29)19(5)27-25(32)20-12-14-26-15-13-20/h8-15,17-19H,6-7,16H2,1-5H3,(H,27,32). The molecule has 2 heterocycles. The summed E-state index contributed by atoms with van der Waals surface area (Å²) in [6.07, 6.45) is 4.97. The van der Waals surface area contributed by atoms with Crippen molar-refractivity contribution >= 4 is 22.8 Å². The number of hydrogen-bond donors (Lipinski definition) is 1. The van der Waals surface area contributed by atoms with Crippen LogP contribution in [0.1, 0.15) is 69.7 Å². The number of fused-ring (bicyclic) bond motifs is 1. The molecule has 3 atom stereocenters. The Morgan fingerprint density at radius 2 is 1.62 bits per heavy atom. The molecule has 0 fully saturated rings. The third kappa shape index (κ3) is 4.98. The molecule has 170 valence electrons. The monoisotopic (exact) mass is 435 g/mol. The lowest BCUT2D eigenvalue weighted by Crippen LogP contribution is -2.46. The van der Waals surface area contributed by atoms with Gasteiger partial charge in [0, 0.05) is 30.0 Å². The van der Waals surface area contributed by atoms with Crippen LogP contribution < -0.4 is 5.32 Å². The van der Waals surface area contributed by atoms with Gasteiger partial charge in [-0.15, -0.1) is 0 Å². The first-order chi connectivity index (χ1) is 15.4. The molecule has 0 aliphatic heterocycles. The van der Waals surface area contributed by atoms with Gasteiger partial charge >= 0.3 is 0 Å². The lowest BCUT2D eigenvalue weighted by Gasteiger charge is -2.34. The molecule has 0 aliphatic rings. The molecule has 32 heavy (non-hydrogen) atoms. The maximum atomic E-state index is 13.5. The number of nitrogens with zero attached hydrogens (tertiary/aromatic N) is 4. The summed E-state index contributed by atoms with van der Waals surface area (Å²) < 4.78 is 1.94. The second-order valence-corrected chi connectivity index (χ2v) is 8.29. The Bertz CT molecular complexity index is 1050. The highest BCUT2D eigenvalue weighted by Gasteiger charge is 2.26. The van der Waals surface area contributed by atoms with E-state index in [9.17, 15) is 9.59 Å². The lowest BCUT2D eigenvalue weighted by atomic mass is 10.1. The van der Waals surface area contributed by atoms with Gasteiger partial charge in [-0.05, 0) is 57.9 Å². The van der Waals surface area contributed by atoms with Gasteiger partial charge in [-0.2, -0.15) is 0 Å². The number of amides is 2. The Morgan fingerprint density at radius 3 is 2.25 bits per heavy atom. The number of carbonyl (C=O) groups excluding carboxylic acids is 2. The zero-order valence-corrected chi connectivity index (χ0v) is 19.6. The van der Waals surface area contributed by atoms with Crippen molar-refractivity contribution in [3.05, 3.63) is 60.2 Å². The van der Waals surface area contributed by atoms with Gasteiger partial charge in [0.25, 0.3) is 5.91 Å². The summed E-state index contributed by atoms with van der Waals surface area (Å²) in [4.78, 5) is 36.9. The van der Waals surface area contributed by atoms with Crippen molar-refractivity contribution in [1.82, 2.24) is 24.8 Å². The predicted octanol–water partition coefficient (Wildman–Crippen LogP) is 4.35. The summed E-state index contributed by atoms with van der Waals surface area (Å²) in [6, 6.07) is 11.0. The fourth-order valence-electron chi connectivity index (χ4n) is 3.98. The van der Waals surface area contributed by atoms with Crippen LogP contribution in [0, 0.1) is 0 Å². The van der Waals surface area contributed by atoms with Gasteiger partial charge in [0.05, 0.1) is 17.1 Å². The average Bonchev–Trinajstić information content (AvgIpc) is 3.17. The number of benzene rings is 1. The SMILES string of the molecule is CCC(C)N(C(=O)Cn1c(C(C)NC(=O)c2ccncc2)nc2ccccc21)C(C)CC. The second-order valence-electron chi connectivity index (χ2n) is 8.29. The Kier molecular flexibility index (Phi) is 7.62. The molecule has 3 unspecified atom stereocenters. The normalized spacial score (nSPS) is 14.0. The molecule has 7 heteroatoms. The van der Waals surface area contributed by atoms with E-state index >= 15 is 0 Å². The fourth-order valence-corrected chi connectivity index (χ4v) is 3.98. The van der Waals surface area contributed by atoms with E-state index in [1.54, 1.807) is 24.5 Å². The van der Waals surface area contributed by atoms with Gasteiger partial charge in [0.2, 0.25) is 5.91 Å². The summed E-state index contributed by atoms with van der Waals surface area (Å²) >= 11 is 0. The number of carbonyl (C=O) groups is 2. The molecule has 1 N–H and O–H groups in total. The van der Waals surface area contributed by atoms with Crippen molar-refractivity contribution < 1.29 is 9.59 Å². The molecule has 3 aromatic rings. The third-order valence-corrected chi connectivity index (χ3v) is 6.07. The molecule has 0 spiro atoms. The molecular formula is C25H33N5O2. The zero-order chi connectivity index (χ0) is 23.3. The Labute approximate surface area is 189 Å². The van der Waals surface area contributed by atoms with Crippen LogP contribution >= 0.6 is 0 Å². The molecule has 2 amide bonds. The predicted molar refractivity (Wildman–Crippen MR) is 126 cm³/mol. The smallest absolute Gasteiger partial charge is 0.251 e. The van der Waals surface area contributed by atoms with Crippen molar-refractivity contribution in [2.75, 3.05) is 0 Å². The molecule has 7 nitrogen and oxygen atoms in total. The molecule has 0 bridgehead atoms. The molecular weight excluding hydrogens is 402 g/mol. The third-order valence-electron chi connectivity index (χ3n) is 6.07. The van der Waals surface area contributed by atoms with Crippen LogP contribution in [-0.2, 0) is 11.3 Å². The highest BCUT2D eigenvalue weighted by atomic mass is 16.2. The molecule has 1 aromatic carbocycles. The molecule has 3 rings (SSSR count). The van der Waals surface area contributed by atoms with E-state index < -0.39 is 0 Å². The van der Waals surface area contributed by atoms with E-state index in [-0.39, 0.29) is 36.5 Å². The zero-order valence-electron chi connectivity index (χ0n) is 19.6. The van der Waals surface area contributed by atoms with Crippen molar-refractivity contribution in [2.45, 2.75) is 72.1 Å². The van der Waals surface area contributed by atoms with Crippen LogP contribution in [0.5, 0.6) is 0 Å². The summed E-state index contributed by atoms with van der Waals surface area (Å²) in [7, 11) is 0. The Morgan fingerprint density at radius 1 is 1.00 bits per heavy atom. The highest BCUT2D eigenvalue weighted by Crippen LogP contribution is 2.23. The Hall–Kier alpha value is -3.22. The van der Waals surface area contributed by atoms with Crippen LogP contribution in [0.3, 0.4) is 0 Å². The van der Waals surface area contributed by atoms with Gasteiger partial charge in [0.1, 0.15) is 12.4 Å². The van der Waals surface area contributed by atoms with Crippen molar-refractivity contribution in [3.63, 3.8) is 0 Å². The number of para-hydroxylation sites is 2. The molecule has 0 radical (unpaired) electrons. The fraction of sp³-hybridized carbons (Fsp3) is 0.440. The van der Waals surface area contributed by atoms with Crippen LogP contribution in [-0.4, -0.2) is 43.3 Å². The van der Waals surface area contributed by atoms with E-state index in [2.05, 4.69) is 38.0 Å². The average molecular weight is 436 g/mol. The first-order valence-corrected chi connectivity index (χ1v) is 11.3. The quantitative estimate of drug-likeness (QED) is 0.542. The number of hydrogen-bond acceptors (Lipinski definition) is 4. The maximum Gasteiger partial charge on any atom is 0.251 e. The van der Waals surface area contributed by atoms with Crippen LogP contribution in [0.15, 0.2) is 48.8 Å². The minimum Gasteiger partial charge on any atom is -0.342 e. The van der Waals surface area contributed by atoms with Gasteiger partial charge < -0.3 is 14.8 Å². The second kappa shape index (κ2) is 10.4. The van der Waals surface area contributed by atoms with Crippen LogP contribution in [0.25, 0.3) is 11.0 Å². The van der Waals surface area contributed by atoms with Gasteiger partial charge in [-0.25, -0.2) is 4.98 Å². The van der Waals surface area contributed by atoms with Crippen LogP contribution in [0.4, 0.5) is 0 Å². The first-order valence-electron chi connectivity index (χ1n) is 11.3. The topological polar surface area (TPSA) is 80.1 Å². The summed E-state index contributed by atoms with van der Waals surface area (Å²) in [5, 5.41) is 3.01. The highest BCUT2D eigenvalue weighted by molar-refractivity contribution is 5.94.